The van der Waals surface area contributed by atoms with E-state index in [4.69, 9.17) is 39.8 Å². The van der Waals surface area contributed by atoms with Crippen LogP contribution in [0.1, 0.15) is 45.0 Å². The maximum absolute atomic E-state index is 6.22. The van der Waals surface area contributed by atoms with E-state index in [0.29, 0.717) is 22.0 Å². The Labute approximate surface area is 140 Å². The molecule has 0 bridgehead atoms. The van der Waals surface area contributed by atoms with Crippen molar-refractivity contribution in [1.29, 1.82) is 0 Å². The molecule has 1 heterocycles. The number of aromatic nitrogens is 2. The van der Waals surface area contributed by atoms with E-state index < -0.39 is 0 Å². The molecule has 1 atom stereocenters. The van der Waals surface area contributed by atoms with Gasteiger partial charge in [-0.3, -0.25) is 0 Å². The molecule has 1 saturated carbocycles. The van der Waals surface area contributed by atoms with Gasteiger partial charge in [0.05, 0.1) is 21.1 Å². The minimum absolute atomic E-state index is 0.265. The molecule has 0 spiro atoms. The average molecular weight is 346 g/mol. The lowest BCUT2D eigenvalue weighted by Gasteiger charge is -2.30. The summed E-state index contributed by atoms with van der Waals surface area (Å²) in [5.41, 5.74) is 2.25. The fourth-order valence-corrected chi connectivity index (χ4v) is 4.02. The molecule has 21 heavy (non-hydrogen) atoms. The highest BCUT2D eigenvalue weighted by Gasteiger charge is 2.37. The van der Waals surface area contributed by atoms with E-state index in [0.717, 1.165) is 23.3 Å². The normalized spacial score (nSPS) is 21.3. The van der Waals surface area contributed by atoms with Gasteiger partial charge < -0.3 is 4.57 Å². The first kappa shape index (κ1) is 15.5. The summed E-state index contributed by atoms with van der Waals surface area (Å²) in [6, 6.07) is 4.24. The molecule has 0 amide bonds. The predicted octanol–water partition coefficient (Wildman–Crippen LogP) is 5.88. The van der Waals surface area contributed by atoms with E-state index in [1.807, 2.05) is 12.1 Å². The molecular formula is C16H19Cl3N2. The first-order chi connectivity index (χ1) is 9.94. The highest BCUT2D eigenvalue weighted by molar-refractivity contribution is 6.42. The van der Waals surface area contributed by atoms with E-state index in [-0.39, 0.29) is 5.41 Å². The largest absolute Gasteiger partial charge is 0.324 e. The maximum atomic E-state index is 6.22. The maximum Gasteiger partial charge on any atom is 0.111 e. The molecule has 0 N–H and O–H groups in total. The average Bonchev–Trinajstić information content (AvgIpc) is 2.90. The second-order valence-electron chi connectivity index (χ2n) is 6.49. The monoisotopic (exact) mass is 344 g/mol. The SMILES string of the molecule is CC1(C)CCCC1n1c(CCCl)nc2cc(Cl)c(Cl)cc21. The molecule has 114 valence electrons. The van der Waals surface area contributed by atoms with Crippen LogP contribution in [0.5, 0.6) is 0 Å². The van der Waals surface area contributed by atoms with E-state index in [1.54, 1.807) is 0 Å². The van der Waals surface area contributed by atoms with Crippen LogP contribution in [-0.4, -0.2) is 15.4 Å². The van der Waals surface area contributed by atoms with Gasteiger partial charge in [-0.1, -0.05) is 43.5 Å². The third-order valence-corrected chi connectivity index (χ3v) is 5.55. The summed E-state index contributed by atoms with van der Waals surface area (Å²) in [5.74, 6) is 1.61. The van der Waals surface area contributed by atoms with Crippen molar-refractivity contribution in [2.75, 3.05) is 5.88 Å². The molecule has 1 aliphatic rings. The van der Waals surface area contributed by atoms with Crippen LogP contribution in [0, 0.1) is 5.41 Å². The highest BCUT2D eigenvalue weighted by Crippen LogP contribution is 2.47. The van der Waals surface area contributed by atoms with Crippen molar-refractivity contribution < 1.29 is 0 Å². The summed E-state index contributed by atoms with van der Waals surface area (Å²) < 4.78 is 2.35. The van der Waals surface area contributed by atoms with Crippen LogP contribution < -0.4 is 0 Å². The van der Waals surface area contributed by atoms with Gasteiger partial charge in [0, 0.05) is 18.3 Å². The summed E-state index contributed by atoms with van der Waals surface area (Å²) >= 11 is 18.3. The minimum Gasteiger partial charge on any atom is -0.324 e. The molecule has 2 nitrogen and oxygen atoms in total. The van der Waals surface area contributed by atoms with Crippen LogP contribution in [0.2, 0.25) is 10.0 Å². The second kappa shape index (κ2) is 5.64. The number of alkyl halides is 1. The van der Waals surface area contributed by atoms with Crippen molar-refractivity contribution in [3.05, 3.63) is 28.0 Å². The number of aryl methyl sites for hydroxylation is 1. The fourth-order valence-electron chi connectivity index (χ4n) is 3.54. The summed E-state index contributed by atoms with van der Waals surface area (Å²) in [5, 5.41) is 1.13. The van der Waals surface area contributed by atoms with Crippen LogP contribution in [0.4, 0.5) is 0 Å². The van der Waals surface area contributed by atoms with Crippen molar-refractivity contribution in [2.45, 2.75) is 45.6 Å². The number of imidazole rings is 1. The first-order valence-electron chi connectivity index (χ1n) is 7.36. The van der Waals surface area contributed by atoms with E-state index in [2.05, 4.69) is 18.4 Å². The Balaban J connectivity index is 2.23. The standard InChI is InChI=1S/C16H19Cl3N2/c1-16(2)6-3-4-14(16)21-13-9-11(19)10(18)8-12(13)20-15(21)5-7-17/h8-9,14H,3-7H2,1-2H3. The van der Waals surface area contributed by atoms with Crippen molar-refractivity contribution in [2.24, 2.45) is 5.41 Å². The molecule has 1 fully saturated rings. The zero-order chi connectivity index (χ0) is 15.2. The molecular weight excluding hydrogens is 327 g/mol. The second-order valence-corrected chi connectivity index (χ2v) is 7.68. The van der Waals surface area contributed by atoms with Gasteiger partial charge in [0.2, 0.25) is 0 Å². The van der Waals surface area contributed by atoms with Gasteiger partial charge in [-0.25, -0.2) is 4.98 Å². The molecule has 1 unspecified atom stereocenters. The molecule has 2 aromatic rings. The van der Waals surface area contributed by atoms with Gasteiger partial charge in [0.15, 0.2) is 0 Å². The van der Waals surface area contributed by atoms with Gasteiger partial charge in [-0.05, 0) is 30.4 Å². The lowest BCUT2D eigenvalue weighted by atomic mass is 9.87. The Morgan fingerprint density at radius 2 is 2.00 bits per heavy atom. The smallest absolute Gasteiger partial charge is 0.111 e. The highest BCUT2D eigenvalue weighted by atomic mass is 35.5. The molecule has 1 aromatic carbocycles. The molecule has 0 saturated heterocycles. The number of hydrogen-bond donors (Lipinski definition) is 0. The lowest BCUT2D eigenvalue weighted by Crippen LogP contribution is -2.23. The van der Waals surface area contributed by atoms with Crippen molar-refractivity contribution in [3.8, 4) is 0 Å². The number of hydrogen-bond acceptors (Lipinski definition) is 1. The topological polar surface area (TPSA) is 17.8 Å². The van der Waals surface area contributed by atoms with Crippen molar-refractivity contribution in [3.63, 3.8) is 0 Å². The van der Waals surface area contributed by atoms with Gasteiger partial charge in [-0.15, -0.1) is 11.6 Å². The van der Waals surface area contributed by atoms with Gasteiger partial charge in [0.25, 0.3) is 0 Å². The molecule has 0 radical (unpaired) electrons. The Morgan fingerprint density at radius 3 is 2.62 bits per heavy atom. The van der Waals surface area contributed by atoms with Crippen LogP contribution in [0.3, 0.4) is 0 Å². The van der Waals surface area contributed by atoms with E-state index >= 15 is 0 Å². The quantitative estimate of drug-likeness (QED) is 0.635. The number of nitrogens with zero attached hydrogens (tertiary/aromatic N) is 2. The number of halogens is 3. The molecule has 1 aliphatic carbocycles. The zero-order valence-corrected chi connectivity index (χ0v) is 14.6. The van der Waals surface area contributed by atoms with Crippen LogP contribution in [0.15, 0.2) is 12.1 Å². The summed E-state index contributed by atoms with van der Waals surface area (Å²) in [6.07, 6.45) is 4.42. The molecule has 3 rings (SSSR count). The third-order valence-electron chi connectivity index (χ3n) is 4.64. The number of fused-ring (bicyclic) bond motifs is 1. The van der Waals surface area contributed by atoms with E-state index in [9.17, 15) is 0 Å². The lowest BCUT2D eigenvalue weighted by molar-refractivity contribution is 0.261. The molecule has 5 heteroatoms. The number of rotatable bonds is 3. The Hall–Kier alpha value is -0.440. The number of benzene rings is 1. The van der Waals surface area contributed by atoms with Gasteiger partial charge in [-0.2, -0.15) is 0 Å². The Bertz CT molecular complexity index is 676. The van der Waals surface area contributed by atoms with Crippen LogP contribution >= 0.6 is 34.8 Å². The molecule has 1 aromatic heterocycles. The summed E-state index contributed by atoms with van der Waals surface area (Å²) in [4.78, 5) is 4.75. The van der Waals surface area contributed by atoms with Gasteiger partial charge in [0.1, 0.15) is 5.82 Å². The van der Waals surface area contributed by atoms with Crippen molar-refractivity contribution >= 4 is 45.8 Å². The van der Waals surface area contributed by atoms with Crippen molar-refractivity contribution in [1.82, 2.24) is 9.55 Å². The van der Waals surface area contributed by atoms with E-state index in [1.165, 1.54) is 19.3 Å². The Morgan fingerprint density at radius 1 is 1.29 bits per heavy atom. The predicted molar refractivity (Wildman–Crippen MR) is 90.8 cm³/mol. The third kappa shape index (κ3) is 2.67. The Kier molecular flexibility index (Phi) is 4.15. The fraction of sp³-hybridized carbons (Fsp3) is 0.562. The summed E-state index contributed by atoms with van der Waals surface area (Å²) in [6.45, 7) is 4.66. The first-order valence-corrected chi connectivity index (χ1v) is 8.65. The van der Waals surface area contributed by atoms with Gasteiger partial charge >= 0.3 is 0 Å². The molecule has 0 aliphatic heterocycles. The summed E-state index contributed by atoms with van der Waals surface area (Å²) in [7, 11) is 0. The van der Waals surface area contributed by atoms with Crippen LogP contribution in [0.25, 0.3) is 11.0 Å². The van der Waals surface area contributed by atoms with Crippen LogP contribution in [-0.2, 0) is 6.42 Å². The zero-order valence-electron chi connectivity index (χ0n) is 12.3. The minimum atomic E-state index is 0.265.